The van der Waals surface area contributed by atoms with E-state index in [1.54, 1.807) is 0 Å². The van der Waals surface area contributed by atoms with Crippen LogP contribution in [-0.2, 0) is 4.79 Å². The average molecular weight is 270 g/mol. The number of nitrogens with one attached hydrogen (secondary N) is 1. The Kier molecular flexibility index (Phi) is 5.48. The Morgan fingerprint density at radius 2 is 2.06 bits per heavy atom. The first-order valence-electron chi connectivity index (χ1n) is 6.00. The number of carbonyl (C=O) groups excluding carboxylic acids is 1. The van der Waals surface area contributed by atoms with Crippen LogP contribution < -0.4 is 10.1 Å². The van der Waals surface area contributed by atoms with Gasteiger partial charge in [-0.1, -0.05) is 18.2 Å². The zero-order valence-electron chi connectivity index (χ0n) is 11.1. The Morgan fingerprint density at radius 1 is 1.39 bits per heavy atom. The van der Waals surface area contributed by atoms with Gasteiger partial charge in [-0.2, -0.15) is 0 Å². The average Bonchev–Trinajstić information content (AvgIpc) is 2.30. The highest BCUT2D eigenvalue weighted by molar-refractivity contribution is 6.27. The first kappa shape index (κ1) is 14.8. The number of ether oxygens (including phenoxy) is 1. The molecule has 100 valence electrons. The molecular weight excluding hydrogens is 250 g/mol. The van der Waals surface area contributed by atoms with E-state index in [9.17, 15) is 4.79 Å². The topological polar surface area (TPSA) is 38.3 Å². The predicted octanol–water partition coefficient (Wildman–Crippen LogP) is 2.90. The molecule has 4 heteroatoms. The molecule has 0 saturated carbocycles. The highest BCUT2D eigenvalue weighted by atomic mass is 35.5. The zero-order valence-corrected chi connectivity index (χ0v) is 11.9. The molecule has 0 radical (unpaired) electrons. The summed E-state index contributed by atoms with van der Waals surface area (Å²) in [7, 11) is 0. The van der Waals surface area contributed by atoms with Gasteiger partial charge in [-0.3, -0.25) is 4.79 Å². The van der Waals surface area contributed by atoms with Crippen LogP contribution >= 0.6 is 11.6 Å². The number of hydrogen-bond acceptors (Lipinski definition) is 2. The summed E-state index contributed by atoms with van der Waals surface area (Å²) < 4.78 is 5.70. The molecule has 0 heterocycles. The fourth-order valence-corrected chi connectivity index (χ4v) is 1.67. The molecule has 0 saturated heterocycles. The van der Waals surface area contributed by atoms with Crippen molar-refractivity contribution in [3.8, 4) is 5.75 Å². The first-order valence-corrected chi connectivity index (χ1v) is 6.53. The maximum atomic E-state index is 11.2. The van der Waals surface area contributed by atoms with Crippen LogP contribution in [0, 0.1) is 6.92 Å². The lowest BCUT2D eigenvalue weighted by atomic mass is 10.0. The summed E-state index contributed by atoms with van der Waals surface area (Å²) in [5.74, 6) is 0.719. The maximum Gasteiger partial charge on any atom is 0.235 e. The number of para-hydroxylation sites is 1. The predicted molar refractivity (Wildman–Crippen MR) is 74.2 cm³/mol. The van der Waals surface area contributed by atoms with Gasteiger partial charge in [-0.15, -0.1) is 11.6 Å². The van der Waals surface area contributed by atoms with Gasteiger partial charge in [0.05, 0.1) is 6.61 Å². The van der Waals surface area contributed by atoms with Crippen molar-refractivity contribution < 1.29 is 9.53 Å². The van der Waals surface area contributed by atoms with Crippen molar-refractivity contribution in [3.05, 3.63) is 29.8 Å². The quantitative estimate of drug-likeness (QED) is 0.807. The van der Waals surface area contributed by atoms with E-state index in [4.69, 9.17) is 16.3 Å². The molecule has 1 N–H and O–H groups in total. The molecule has 0 fully saturated rings. The van der Waals surface area contributed by atoms with Crippen LogP contribution in [-0.4, -0.2) is 23.9 Å². The third kappa shape index (κ3) is 4.96. The standard InChI is InChI=1S/C14H20ClNO2/c1-11-6-4-5-7-12(11)18-9-8-14(2,3)16-13(17)10-15/h4-7H,8-10H2,1-3H3,(H,16,17). The fourth-order valence-electron chi connectivity index (χ4n) is 1.61. The summed E-state index contributed by atoms with van der Waals surface area (Å²) in [5, 5.41) is 2.86. The van der Waals surface area contributed by atoms with E-state index in [-0.39, 0.29) is 17.3 Å². The second-order valence-electron chi connectivity index (χ2n) is 4.93. The Morgan fingerprint density at radius 3 is 2.67 bits per heavy atom. The molecular formula is C14H20ClNO2. The molecule has 0 aliphatic carbocycles. The van der Waals surface area contributed by atoms with Crippen LogP contribution in [0.5, 0.6) is 5.75 Å². The largest absolute Gasteiger partial charge is 0.493 e. The van der Waals surface area contributed by atoms with E-state index < -0.39 is 0 Å². The van der Waals surface area contributed by atoms with Crippen molar-refractivity contribution in [2.45, 2.75) is 32.7 Å². The van der Waals surface area contributed by atoms with Crippen molar-refractivity contribution >= 4 is 17.5 Å². The zero-order chi connectivity index (χ0) is 13.6. The molecule has 1 amide bonds. The fraction of sp³-hybridized carbons (Fsp3) is 0.500. The summed E-state index contributed by atoms with van der Waals surface area (Å²) >= 11 is 5.47. The van der Waals surface area contributed by atoms with Gasteiger partial charge in [0.15, 0.2) is 0 Å². The van der Waals surface area contributed by atoms with E-state index in [1.807, 2.05) is 45.0 Å². The minimum atomic E-state index is -0.311. The normalized spacial score (nSPS) is 11.1. The monoisotopic (exact) mass is 269 g/mol. The summed E-state index contributed by atoms with van der Waals surface area (Å²) in [6, 6.07) is 7.88. The number of aryl methyl sites for hydroxylation is 1. The number of carbonyl (C=O) groups is 1. The van der Waals surface area contributed by atoms with Crippen LogP contribution in [0.15, 0.2) is 24.3 Å². The number of benzene rings is 1. The SMILES string of the molecule is Cc1ccccc1OCCC(C)(C)NC(=O)CCl. The Labute approximate surface area is 113 Å². The summed E-state index contributed by atoms with van der Waals surface area (Å²) in [5.41, 5.74) is 0.800. The Hall–Kier alpha value is -1.22. The van der Waals surface area contributed by atoms with Gasteiger partial charge in [0.2, 0.25) is 5.91 Å². The van der Waals surface area contributed by atoms with Crippen molar-refractivity contribution in [1.82, 2.24) is 5.32 Å². The maximum absolute atomic E-state index is 11.2. The van der Waals surface area contributed by atoms with Crippen LogP contribution in [0.2, 0.25) is 0 Å². The smallest absolute Gasteiger partial charge is 0.235 e. The molecule has 0 atom stereocenters. The van der Waals surface area contributed by atoms with Gasteiger partial charge < -0.3 is 10.1 Å². The molecule has 1 aromatic carbocycles. The van der Waals surface area contributed by atoms with Crippen molar-refractivity contribution in [1.29, 1.82) is 0 Å². The minimum Gasteiger partial charge on any atom is -0.493 e. The molecule has 0 unspecified atom stereocenters. The molecule has 0 aromatic heterocycles. The summed E-state index contributed by atoms with van der Waals surface area (Å²) in [4.78, 5) is 11.2. The van der Waals surface area contributed by atoms with E-state index in [0.717, 1.165) is 17.7 Å². The molecule has 18 heavy (non-hydrogen) atoms. The minimum absolute atomic E-state index is 0.0118. The lowest BCUT2D eigenvalue weighted by Crippen LogP contribution is -2.45. The summed E-state index contributed by atoms with van der Waals surface area (Å²) in [6.45, 7) is 6.48. The van der Waals surface area contributed by atoms with Gasteiger partial charge in [0.1, 0.15) is 11.6 Å². The van der Waals surface area contributed by atoms with E-state index >= 15 is 0 Å². The van der Waals surface area contributed by atoms with Crippen LogP contribution in [0.1, 0.15) is 25.8 Å². The van der Waals surface area contributed by atoms with Gasteiger partial charge >= 0.3 is 0 Å². The molecule has 0 bridgehead atoms. The van der Waals surface area contributed by atoms with Crippen LogP contribution in [0.3, 0.4) is 0 Å². The Balaban J connectivity index is 2.41. The number of alkyl halides is 1. The van der Waals surface area contributed by atoms with E-state index in [2.05, 4.69) is 5.32 Å². The third-order valence-corrected chi connectivity index (χ3v) is 2.92. The lowest BCUT2D eigenvalue weighted by Gasteiger charge is -2.26. The highest BCUT2D eigenvalue weighted by Crippen LogP contribution is 2.17. The Bertz CT molecular complexity index is 405. The molecule has 3 nitrogen and oxygen atoms in total. The van der Waals surface area contributed by atoms with E-state index in [0.29, 0.717) is 6.61 Å². The molecule has 0 spiro atoms. The molecule has 1 rings (SSSR count). The lowest BCUT2D eigenvalue weighted by molar-refractivity contribution is -0.120. The number of halogens is 1. The highest BCUT2D eigenvalue weighted by Gasteiger charge is 2.19. The molecule has 0 aliphatic heterocycles. The van der Waals surface area contributed by atoms with Gasteiger partial charge in [-0.25, -0.2) is 0 Å². The van der Waals surface area contributed by atoms with Crippen molar-refractivity contribution in [2.24, 2.45) is 0 Å². The van der Waals surface area contributed by atoms with Crippen LogP contribution in [0.4, 0.5) is 0 Å². The second-order valence-corrected chi connectivity index (χ2v) is 5.20. The molecule has 0 aliphatic rings. The number of rotatable bonds is 6. The molecule has 1 aromatic rings. The second kappa shape index (κ2) is 6.64. The number of hydrogen-bond donors (Lipinski definition) is 1. The number of amides is 1. The van der Waals surface area contributed by atoms with Crippen LogP contribution in [0.25, 0.3) is 0 Å². The first-order chi connectivity index (χ1) is 8.44. The van der Waals surface area contributed by atoms with Gasteiger partial charge in [0, 0.05) is 12.0 Å². The summed E-state index contributed by atoms with van der Waals surface area (Å²) in [6.07, 6.45) is 0.726. The van der Waals surface area contributed by atoms with Gasteiger partial charge in [0.25, 0.3) is 0 Å². The third-order valence-electron chi connectivity index (χ3n) is 2.68. The van der Waals surface area contributed by atoms with Crippen molar-refractivity contribution in [3.63, 3.8) is 0 Å². The van der Waals surface area contributed by atoms with E-state index in [1.165, 1.54) is 0 Å². The van der Waals surface area contributed by atoms with Crippen molar-refractivity contribution in [2.75, 3.05) is 12.5 Å². The van der Waals surface area contributed by atoms with Gasteiger partial charge in [-0.05, 0) is 32.4 Å².